The minimum atomic E-state index is -1.11. The molecule has 0 spiro atoms. The summed E-state index contributed by atoms with van der Waals surface area (Å²) in [6, 6.07) is 13.8. The van der Waals surface area contributed by atoms with Gasteiger partial charge in [-0.25, -0.2) is 0 Å². The largest absolute Gasteiger partial charge is 0.497 e. The molecule has 0 fully saturated rings. The molecular formula is C20H22N2O5. The van der Waals surface area contributed by atoms with Crippen LogP contribution < -0.4 is 15.4 Å². The Morgan fingerprint density at radius 3 is 2.44 bits per heavy atom. The van der Waals surface area contributed by atoms with E-state index in [1.165, 1.54) is 12.1 Å². The topological polar surface area (TPSA) is 105 Å². The van der Waals surface area contributed by atoms with Gasteiger partial charge in [0.1, 0.15) is 12.3 Å². The van der Waals surface area contributed by atoms with Crippen molar-refractivity contribution in [1.82, 2.24) is 5.32 Å². The molecule has 2 aromatic carbocycles. The van der Waals surface area contributed by atoms with Gasteiger partial charge in [0, 0.05) is 17.7 Å². The second-order valence-corrected chi connectivity index (χ2v) is 6.08. The maximum atomic E-state index is 12.3. The Hall–Kier alpha value is -3.35. The number of carboxylic acids is 1. The third-order valence-electron chi connectivity index (χ3n) is 3.99. The van der Waals surface area contributed by atoms with Crippen molar-refractivity contribution in [2.45, 2.75) is 19.3 Å². The van der Waals surface area contributed by atoms with Crippen LogP contribution >= 0.6 is 0 Å². The van der Waals surface area contributed by atoms with Crippen LogP contribution in [0, 0.1) is 0 Å². The molecule has 0 saturated heterocycles. The monoisotopic (exact) mass is 370 g/mol. The Labute approximate surface area is 157 Å². The summed E-state index contributed by atoms with van der Waals surface area (Å²) in [7, 11) is 1.60. The molecule has 2 rings (SSSR count). The zero-order valence-corrected chi connectivity index (χ0v) is 15.2. The Kier molecular flexibility index (Phi) is 6.93. The van der Waals surface area contributed by atoms with Crippen LogP contribution in [0.25, 0.3) is 0 Å². The van der Waals surface area contributed by atoms with E-state index >= 15 is 0 Å². The molecule has 0 heterocycles. The van der Waals surface area contributed by atoms with Crippen LogP contribution in [0.15, 0.2) is 48.5 Å². The molecule has 0 saturated carbocycles. The summed E-state index contributed by atoms with van der Waals surface area (Å²) >= 11 is 0. The number of anilines is 1. The first-order chi connectivity index (χ1) is 12.9. The quantitative estimate of drug-likeness (QED) is 0.663. The van der Waals surface area contributed by atoms with Crippen LogP contribution in [0.4, 0.5) is 5.69 Å². The van der Waals surface area contributed by atoms with Crippen molar-refractivity contribution in [2.75, 3.05) is 19.0 Å². The number of methoxy groups -OCH3 is 1. The Bertz CT molecular complexity index is 817. The molecule has 0 aromatic heterocycles. The van der Waals surface area contributed by atoms with Gasteiger partial charge < -0.3 is 20.5 Å². The summed E-state index contributed by atoms with van der Waals surface area (Å²) in [5, 5.41) is 13.6. The Balaban J connectivity index is 1.91. The molecule has 1 atom stereocenters. The highest BCUT2D eigenvalue weighted by Crippen LogP contribution is 2.23. The predicted octanol–water partition coefficient (Wildman–Crippen LogP) is 2.64. The van der Waals surface area contributed by atoms with Gasteiger partial charge in [0.25, 0.3) is 5.91 Å². The summed E-state index contributed by atoms with van der Waals surface area (Å²) in [6.07, 6.45) is 0.300. The van der Waals surface area contributed by atoms with Crippen molar-refractivity contribution in [3.63, 3.8) is 0 Å². The van der Waals surface area contributed by atoms with Crippen molar-refractivity contribution in [1.29, 1.82) is 0 Å². The minimum Gasteiger partial charge on any atom is -0.497 e. The van der Waals surface area contributed by atoms with E-state index in [2.05, 4.69) is 10.6 Å². The van der Waals surface area contributed by atoms with E-state index in [0.717, 1.165) is 11.3 Å². The lowest BCUT2D eigenvalue weighted by molar-refractivity contribution is -0.135. The fraction of sp³-hybridized carbons (Fsp3) is 0.250. The molecule has 2 aromatic rings. The van der Waals surface area contributed by atoms with Gasteiger partial charge in [0.15, 0.2) is 0 Å². The maximum Gasteiger partial charge on any atom is 0.322 e. The van der Waals surface area contributed by atoms with Crippen molar-refractivity contribution in [3.05, 3.63) is 59.7 Å². The Morgan fingerprint density at radius 2 is 1.81 bits per heavy atom. The molecule has 7 heteroatoms. The number of carbonyl (C=O) groups excluding carboxylic acids is 2. The number of carbonyl (C=O) groups is 3. The van der Waals surface area contributed by atoms with E-state index in [1.807, 2.05) is 31.2 Å². The summed E-state index contributed by atoms with van der Waals surface area (Å²) in [5.74, 6) is -0.981. The van der Waals surface area contributed by atoms with Gasteiger partial charge in [0.2, 0.25) is 5.91 Å². The van der Waals surface area contributed by atoms with Crippen LogP contribution in [0.2, 0.25) is 0 Å². The number of carboxylic acid groups (broad SMARTS) is 1. The number of ether oxygens (including phenoxy) is 1. The van der Waals surface area contributed by atoms with Crippen molar-refractivity contribution < 1.29 is 24.2 Å². The van der Waals surface area contributed by atoms with E-state index in [4.69, 9.17) is 9.84 Å². The summed E-state index contributed by atoms with van der Waals surface area (Å²) in [6.45, 7) is 1.52. The van der Waals surface area contributed by atoms with Crippen LogP contribution in [-0.4, -0.2) is 36.5 Å². The highest BCUT2D eigenvalue weighted by atomic mass is 16.5. The third-order valence-corrected chi connectivity index (χ3v) is 3.99. The molecule has 27 heavy (non-hydrogen) atoms. The number of rotatable bonds is 8. The number of nitrogens with one attached hydrogen (secondary N) is 2. The van der Waals surface area contributed by atoms with Crippen molar-refractivity contribution in [3.8, 4) is 5.75 Å². The normalized spacial score (nSPS) is 11.3. The number of aliphatic carboxylic acids is 1. The first kappa shape index (κ1) is 20.0. The number of amides is 2. The molecular weight excluding hydrogens is 348 g/mol. The van der Waals surface area contributed by atoms with Gasteiger partial charge in [-0.2, -0.15) is 0 Å². The molecule has 0 bridgehead atoms. The second-order valence-electron chi connectivity index (χ2n) is 6.08. The minimum absolute atomic E-state index is 0.0150. The van der Waals surface area contributed by atoms with Crippen LogP contribution in [0.3, 0.4) is 0 Å². The number of hydrogen-bond acceptors (Lipinski definition) is 4. The average Bonchev–Trinajstić information content (AvgIpc) is 2.66. The van der Waals surface area contributed by atoms with Gasteiger partial charge in [0.05, 0.1) is 7.11 Å². The zero-order valence-electron chi connectivity index (χ0n) is 15.2. The van der Waals surface area contributed by atoms with Crippen LogP contribution in [-0.2, 0) is 9.59 Å². The first-order valence-corrected chi connectivity index (χ1v) is 8.43. The highest BCUT2D eigenvalue weighted by molar-refractivity contribution is 5.97. The van der Waals surface area contributed by atoms with E-state index < -0.39 is 18.4 Å². The molecule has 1 unspecified atom stereocenters. The molecule has 0 aliphatic heterocycles. The van der Waals surface area contributed by atoms with Gasteiger partial charge in [-0.1, -0.05) is 19.1 Å². The standard InChI is InChI=1S/C20H22N2O5/c1-13(15-4-3-5-17(11-15)27-2)10-18(23)22-16-8-6-14(7-9-16)20(26)21-12-19(24)25/h3-9,11,13H,10,12H2,1-2H3,(H,21,26)(H,22,23)(H,24,25). The summed E-state index contributed by atoms with van der Waals surface area (Å²) in [5.41, 5.74) is 1.89. The van der Waals surface area contributed by atoms with E-state index in [9.17, 15) is 14.4 Å². The summed E-state index contributed by atoms with van der Waals surface area (Å²) in [4.78, 5) is 34.5. The van der Waals surface area contributed by atoms with Crippen LogP contribution in [0.1, 0.15) is 35.2 Å². The number of hydrogen-bond donors (Lipinski definition) is 3. The number of benzene rings is 2. The summed E-state index contributed by atoms with van der Waals surface area (Å²) < 4.78 is 5.20. The highest BCUT2D eigenvalue weighted by Gasteiger charge is 2.13. The average molecular weight is 370 g/mol. The fourth-order valence-corrected chi connectivity index (χ4v) is 2.52. The zero-order chi connectivity index (χ0) is 19.8. The molecule has 0 radical (unpaired) electrons. The fourth-order valence-electron chi connectivity index (χ4n) is 2.52. The van der Waals surface area contributed by atoms with Crippen molar-refractivity contribution >= 4 is 23.5 Å². The lowest BCUT2D eigenvalue weighted by atomic mass is 9.97. The van der Waals surface area contributed by atoms with E-state index in [0.29, 0.717) is 17.7 Å². The van der Waals surface area contributed by atoms with Crippen molar-refractivity contribution in [2.24, 2.45) is 0 Å². The van der Waals surface area contributed by atoms with Gasteiger partial charge in [-0.15, -0.1) is 0 Å². The van der Waals surface area contributed by atoms with Gasteiger partial charge in [-0.3, -0.25) is 14.4 Å². The maximum absolute atomic E-state index is 12.3. The Morgan fingerprint density at radius 1 is 1.11 bits per heavy atom. The third kappa shape index (κ3) is 6.14. The lowest BCUT2D eigenvalue weighted by Crippen LogP contribution is -2.29. The molecule has 0 aliphatic carbocycles. The molecule has 0 aliphatic rings. The van der Waals surface area contributed by atoms with Gasteiger partial charge in [-0.05, 0) is 47.9 Å². The van der Waals surface area contributed by atoms with Gasteiger partial charge >= 0.3 is 5.97 Å². The SMILES string of the molecule is COc1cccc(C(C)CC(=O)Nc2ccc(C(=O)NCC(=O)O)cc2)c1. The molecule has 2 amide bonds. The first-order valence-electron chi connectivity index (χ1n) is 8.43. The second kappa shape index (κ2) is 9.38. The molecule has 3 N–H and O–H groups in total. The van der Waals surface area contributed by atoms with E-state index in [1.54, 1.807) is 19.2 Å². The predicted molar refractivity (Wildman–Crippen MR) is 101 cm³/mol. The molecule has 142 valence electrons. The molecule has 7 nitrogen and oxygen atoms in total. The lowest BCUT2D eigenvalue weighted by Gasteiger charge is -2.13. The van der Waals surface area contributed by atoms with Crippen LogP contribution in [0.5, 0.6) is 5.75 Å². The smallest absolute Gasteiger partial charge is 0.322 e. The van der Waals surface area contributed by atoms with E-state index in [-0.39, 0.29) is 11.8 Å².